The van der Waals surface area contributed by atoms with Crippen molar-refractivity contribution in [3.8, 4) is 5.75 Å². The first kappa shape index (κ1) is 23.3. The number of rotatable bonds is 9. The van der Waals surface area contributed by atoms with E-state index in [4.69, 9.17) is 4.74 Å². The Balaban J connectivity index is 2.01. The maximum Gasteiger partial charge on any atom is 0.416 e. The van der Waals surface area contributed by atoms with E-state index in [1.807, 2.05) is 30.3 Å². The van der Waals surface area contributed by atoms with Gasteiger partial charge in [0, 0.05) is 25.0 Å². The van der Waals surface area contributed by atoms with Crippen molar-refractivity contribution in [2.24, 2.45) is 0 Å². The molecule has 0 aliphatic rings. The fourth-order valence-corrected chi connectivity index (χ4v) is 3.55. The summed E-state index contributed by atoms with van der Waals surface area (Å²) in [5.74, 6) is 0.305. The van der Waals surface area contributed by atoms with Gasteiger partial charge in [0.1, 0.15) is 11.4 Å². The maximum absolute atomic E-state index is 13.0. The lowest BCUT2D eigenvalue weighted by Gasteiger charge is -2.36. The molecule has 1 unspecified atom stereocenters. The number of hydrogen-bond donors (Lipinski definition) is 1. The minimum atomic E-state index is -4.43. The van der Waals surface area contributed by atoms with Crippen molar-refractivity contribution in [3.63, 3.8) is 0 Å². The molecule has 32 heavy (non-hydrogen) atoms. The van der Waals surface area contributed by atoms with Crippen molar-refractivity contribution in [1.82, 2.24) is 5.32 Å². The second-order valence-electron chi connectivity index (χ2n) is 7.44. The van der Waals surface area contributed by atoms with Crippen molar-refractivity contribution < 1.29 is 22.8 Å². The molecule has 3 aromatic carbocycles. The molecule has 0 saturated heterocycles. The molecule has 5 nitrogen and oxygen atoms in total. The molecule has 0 heterocycles. The van der Waals surface area contributed by atoms with Gasteiger partial charge in [-0.3, -0.25) is 10.1 Å². The Morgan fingerprint density at radius 1 is 0.906 bits per heavy atom. The summed E-state index contributed by atoms with van der Waals surface area (Å²) >= 11 is 0. The van der Waals surface area contributed by atoms with Crippen LogP contribution in [0.2, 0.25) is 0 Å². The van der Waals surface area contributed by atoms with Crippen LogP contribution in [0, 0.1) is 10.1 Å². The van der Waals surface area contributed by atoms with E-state index in [-0.39, 0.29) is 5.69 Å². The predicted octanol–water partition coefficient (Wildman–Crippen LogP) is 5.74. The number of non-ortho nitro benzene ring substituents is 1. The molecule has 3 rings (SSSR count). The predicted molar refractivity (Wildman–Crippen MR) is 116 cm³/mol. The fourth-order valence-electron chi connectivity index (χ4n) is 3.55. The quantitative estimate of drug-likeness (QED) is 0.338. The monoisotopic (exact) mass is 444 g/mol. The topological polar surface area (TPSA) is 64.4 Å². The Bertz CT molecular complexity index is 1020. The van der Waals surface area contributed by atoms with E-state index in [9.17, 15) is 23.3 Å². The van der Waals surface area contributed by atoms with Crippen LogP contribution >= 0.6 is 0 Å². The van der Waals surface area contributed by atoms with Crippen LogP contribution in [0.15, 0.2) is 78.9 Å². The Hall–Kier alpha value is -3.39. The van der Waals surface area contributed by atoms with Gasteiger partial charge in [0.15, 0.2) is 0 Å². The molecular weight excluding hydrogens is 421 g/mol. The molecule has 8 heteroatoms. The number of halogens is 3. The summed E-state index contributed by atoms with van der Waals surface area (Å²) in [6.07, 6.45) is -3.54. The second kappa shape index (κ2) is 9.82. The van der Waals surface area contributed by atoms with Crippen LogP contribution in [0.5, 0.6) is 5.75 Å². The number of ether oxygens (including phenoxy) is 1. The third kappa shape index (κ3) is 5.64. The fraction of sp³-hybridized carbons (Fsp3) is 0.250. The van der Waals surface area contributed by atoms with Crippen molar-refractivity contribution in [2.45, 2.75) is 24.6 Å². The lowest BCUT2D eigenvalue weighted by Crippen LogP contribution is -2.38. The van der Waals surface area contributed by atoms with Crippen molar-refractivity contribution in [1.29, 1.82) is 0 Å². The average molecular weight is 444 g/mol. The molecule has 0 saturated carbocycles. The molecule has 1 atom stereocenters. The van der Waals surface area contributed by atoms with Gasteiger partial charge in [-0.05, 0) is 49.0 Å². The summed E-state index contributed by atoms with van der Waals surface area (Å²) in [5, 5.41) is 14.1. The lowest BCUT2D eigenvalue weighted by molar-refractivity contribution is -0.384. The van der Waals surface area contributed by atoms with E-state index in [0.29, 0.717) is 25.1 Å². The van der Waals surface area contributed by atoms with Gasteiger partial charge < -0.3 is 10.1 Å². The number of nitro benzene ring substituents is 1. The molecular formula is C24H23F3N2O3. The summed E-state index contributed by atoms with van der Waals surface area (Å²) in [6.45, 7) is 0.586. The molecule has 3 aromatic rings. The zero-order chi connectivity index (χ0) is 23.2. The summed E-state index contributed by atoms with van der Waals surface area (Å²) in [4.78, 5) is 10.5. The van der Waals surface area contributed by atoms with Crippen LogP contribution in [0.25, 0.3) is 0 Å². The van der Waals surface area contributed by atoms with Gasteiger partial charge in [-0.15, -0.1) is 0 Å². The molecule has 0 amide bonds. The normalized spacial score (nSPS) is 13.4. The van der Waals surface area contributed by atoms with Gasteiger partial charge in [-0.1, -0.05) is 42.5 Å². The van der Waals surface area contributed by atoms with Crippen LogP contribution in [-0.2, 0) is 18.2 Å². The van der Waals surface area contributed by atoms with Crippen LogP contribution < -0.4 is 10.1 Å². The first-order valence-corrected chi connectivity index (χ1v) is 10.0. The van der Waals surface area contributed by atoms with E-state index in [1.165, 1.54) is 24.3 Å². The summed E-state index contributed by atoms with van der Waals surface area (Å²) in [5.41, 5.74) is -0.00479. The number of hydrogen-bond acceptors (Lipinski definition) is 4. The van der Waals surface area contributed by atoms with E-state index >= 15 is 0 Å². The molecule has 1 N–H and O–H groups in total. The highest BCUT2D eigenvalue weighted by Gasteiger charge is 2.35. The highest BCUT2D eigenvalue weighted by atomic mass is 19.4. The van der Waals surface area contributed by atoms with Crippen LogP contribution in [0.3, 0.4) is 0 Å². The first-order valence-electron chi connectivity index (χ1n) is 10.0. The van der Waals surface area contributed by atoms with Gasteiger partial charge in [0.2, 0.25) is 0 Å². The Kier molecular flexibility index (Phi) is 7.15. The van der Waals surface area contributed by atoms with E-state index in [2.05, 4.69) is 5.32 Å². The molecule has 0 spiro atoms. The Morgan fingerprint density at radius 2 is 1.53 bits per heavy atom. The van der Waals surface area contributed by atoms with Crippen molar-refractivity contribution in [2.75, 3.05) is 13.6 Å². The van der Waals surface area contributed by atoms with Gasteiger partial charge >= 0.3 is 6.18 Å². The average Bonchev–Trinajstić information content (AvgIpc) is 2.78. The van der Waals surface area contributed by atoms with Gasteiger partial charge in [-0.25, -0.2) is 0 Å². The molecule has 0 fully saturated rings. The largest absolute Gasteiger partial charge is 0.482 e. The number of alkyl halides is 3. The summed E-state index contributed by atoms with van der Waals surface area (Å²) in [6, 6.07) is 20.3. The minimum Gasteiger partial charge on any atom is -0.482 e. The van der Waals surface area contributed by atoms with Crippen molar-refractivity contribution >= 4 is 5.69 Å². The van der Waals surface area contributed by atoms with Gasteiger partial charge in [-0.2, -0.15) is 13.2 Å². The Morgan fingerprint density at radius 3 is 2.06 bits per heavy atom. The number of benzene rings is 3. The highest BCUT2D eigenvalue weighted by Crippen LogP contribution is 2.37. The zero-order valence-electron chi connectivity index (χ0n) is 17.4. The number of nitrogens with one attached hydrogen (secondary N) is 1. The molecule has 0 bridgehead atoms. The number of nitrogens with zero attached hydrogens (tertiary/aromatic N) is 1. The number of nitro groups is 1. The molecule has 0 aliphatic heterocycles. The third-order valence-corrected chi connectivity index (χ3v) is 5.21. The highest BCUT2D eigenvalue weighted by molar-refractivity contribution is 5.37. The lowest BCUT2D eigenvalue weighted by atomic mass is 9.84. The van der Waals surface area contributed by atoms with Crippen LogP contribution in [-0.4, -0.2) is 18.5 Å². The first-order chi connectivity index (χ1) is 15.2. The summed E-state index contributed by atoms with van der Waals surface area (Å²) in [7, 11) is 1.81. The van der Waals surface area contributed by atoms with E-state index < -0.39 is 22.3 Å². The third-order valence-electron chi connectivity index (χ3n) is 5.21. The van der Waals surface area contributed by atoms with Gasteiger partial charge in [0.05, 0.1) is 10.5 Å². The van der Waals surface area contributed by atoms with Crippen LogP contribution in [0.4, 0.5) is 18.9 Å². The van der Waals surface area contributed by atoms with Gasteiger partial charge in [0.25, 0.3) is 5.69 Å². The zero-order valence-corrected chi connectivity index (χ0v) is 17.4. The molecule has 0 aromatic heterocycles. The SMILES string of the molecule is CNCCC(Cc1ccc([N+](=O)[O-])cc1)(Oc1ccc(C(F)(F)F)cc1)c1ccccc1. The smallest absolute Gasteiger partial charge is 0.416 e. The minimum absolute atomic E-state index is 0.0158. The van der Waals surface area contributed by atoms with Crippen LogP contribution in [0.1, 0.15) is 23.1 Å². The Labute approximate surface area is 184 Å². The van der Waals surface area contributed by atoms with E-state index in [1.54, 1.807) is 19.2 Å². The van der Waals surface area contributed by atoms with Crippen molar-refractivity contribution in [3.05, 3.63) is 106 Å². The molecule has 168 valence electrons. The molecule has 0 radical (unpaired) electrons. The summed E-state index contributed by atoms with van der Waals surface area (Å²) < 4.78 is 45.3. The molecule has 0 aliphatic carbocycles. The standard InChI is InChI=1S/C24H23F3N2O3/c1-28-16-15-23(19-5-3-2-4-6-19,17-18-7-11-21(12-8-18)29(30)31)32-22-13-9-20(10-14-22)24(25,26)27/h2-14,28H,15-17H2,1H3. The maximum atomic E-state index is 13.0. The van der Waals surface area contributed by atoms with E-state index in [0.717, 1.165) is 23.3 Å². The second-order valence-corrected chi connectivity index (χ2v) is 7.44.